The summed E-state index contributed by atoms with van der Waals surface area (Å²) < 4.78 is 1.75. The molecule has 3 unspecified atom stereocenters. The third-order valence-corrected chi connectivity index (χ3v) is 5.92. The number of likely N-dealkylation sites (tertiary alicyclic amines) is 1. The number of para-hydroxylation sites is 1. The number of hydrogen-bond acceptors (Lipinski definition) is 5. The summed E-state index contributed by atoms with van der Waals surface area (Å²) in [5.74, 6) is 1.28. The summed E-state index contributed by atoms with van der Waals surface area (Å²) in [6.45, 7) is 12.2. The van der Waals surface area contributed by atoms with Crippen LogP contribution in [0, 0.1) is 25.7 Å². The van der Waals surface area contributed by atoms with Crippen LogP contribution in [0.2, 0.25) is 0 Å². The molecule has 0 bridgehead atoms. The van der Waals surface area contributed by atoms with Crippen LogP contribution in [-0.2, 0) is 4.79 Å². The number of carbonyl (C=O) groups excluding carboxylic acids is 1. The Morgan fingerprint density at radius 2 is 1.81 bits per heavy atom. The summed E-state index contributed by atoms with van der Waals surface area (Å²) in [5, 5.41) is 12.6. The van der Waals surface area contributed by atoms with E-state index in [0.717, 1.165) is 29.9 Å². The number of amides is 1. The number of nitrogens with zero attached hydrogens (tertiary/aromatic N) is 5. The van der Waals surface area contributed by atoms with Crippen LogP contribution in [0.3, 0.4) is 0 Å². The molecule has 1 aromatic heterocycles. The van der Waals surface area contributed by atoms with Gasteiger partial charge in [0.05, 0.1) is 10.9 Å². The topological polar surface area (TPSA) is 63.9 Å². The Morgan fingerprint density at radius 1 is 1.19 bits per heavy atom. The lowest BCUT2D eigenvalue weighted by Crippen LogP contribution is -2.45. The molecule has 3 rings (SSSR count). The quantitative estimate of drug-likeness (QED) is 0.770. The Morgan fingerprint density at radius 3 is 2.42 bits per heavy atom. The zero-order valence-electron chi connectivity index (χ0n) is 16.1. The van der Waals surface area contributed by atoms with Gasteiger partial charge in [-0.3, -0.25) is 4.79 Å². The second kappa shape index (κ2) is 7.78. The van der Waals surface area contributed by atoms with E-state index >= 15 is 0 Å². The van der Waals surface area contributed by atoms with Crippen molar-refractivity contribution in [3.05, 3.63) is 29.3 Å². The summed E-state index contributed by atoms with van der Waals surface area (Å²) >= 11 is 1.43. The average molecular weight is 374 g/mol. The van der Waals surface area contributed by atoms with Crippen molar-refractivity contribution in [3.63, 3.8) is 0 Å². The molecule has 26 heavy (non-hydrogen) atoms. The summed E-state index contributed by atoms with van der Waals surface area (Å²) in [6, 6.07) is 6.11. The van der Waals surface area contributed by atoms with Crippen LogP contribution in [0.5, 0.6) is 0 Å². The van der Waals surface area contributed by atoms with Gasteiger partial charge in [-0.1, -0.05) is 43.8 Å². The highest BCUT2D eigenvalue weighted by Gasteiger charge is 2.29. The molecule has 1 amide bonds. The summed E-state index contributed by atoms with van der Waals surface area (Å²) in [6.07, 6.45) is 1.19. The molecule has 0 spiro atoms. The van der Waals surface area contributed by atoms with Gasteiger partial charge in [0.2, 0.25) is 11.1 Å². The van der Waals surface area contributed by atoms with Gasteiger partial charge in [0.15, 0.2) is 0 Å². The van der Waals surface area contributed by atoms with Crippen molar-refractivity contribution in [2.75, 3.05) is 13.1 Å². The van der Waals surface area contributed by atoms with E-state index in [0.29, 0.717) is 17.0 Å². The van der Waals surface area contributed by atoms with Crippen LogP contribution in [0.25, 0.3) is 5.69 Å². The Bertz CT molecular complexity index is 760. The smallest absolute Gasteiger partial charge is 0.235 e. The number of piperidine rings is 1. The molecule has 140 valence electrons. The minimum atomic E-state index is -0.221. The number of thioether (sulfide) groups is 1. The number of aryl methyl sites for hydroxylation is 2. The highest BCUT2D eigenvalue weighted by Crippen LogP contribution is 2.29. The van der Waals surface area contributed by atoms with E-state index in [1.807, 2.05) is 43.9 Å². The van der Waals surface area contributed by atoms with E-state index in [2.05, 4.69) is 29.4 Å². The lowest BCUT2D eigenvalue weighted by atomic mass is 9.92. The maximum Gasteiger partial charge on any atom is 0.235 e. The normalized spacial score (nSPS) is 21.7. The number of rotatable bonds is 4. The fraction of sp³-hybridized carbons (Fsp3) is 0.579. The minimum Gasteiger partial charge on any atom is -0.341 e. The Kier molecular flexibility index (Phi) is 5.65. The van der Waals surface area contributed by atoms with Gasteiger partial charge < -0.3 is 4.90 Å². The van der Waals surface area contributed by atoms with Crippen LogP contribution in [-0.4, -0.2) is 49.4 Å². The van der Waals surface area contributed by atoms with Gasteiger partial charge in [-0.2, -0.15) is 4.68 Å². The van der Waals surface area contributed by atoms with E-state index in [9.17, 15) is 4.79 Å². The van der Waals surface area contributed by atoms with E-state index in [1.165, 1.54) is 18.2 Å². The first-order chi connectivity index (χ1) is 12.4. The molecule has 1 aliphatic heterocycles. The Hall–Kier alpha value is -1.89. The van der Waals surface area contributed by atoms with Crippen molar-refractivity contribution < 1.29 is 4.79 Å². The molecule has 2 aromatic rings. The van der Waals surface area contributed by atoms with Gasteiger partial charge >= 0.3 is 0 Å². The lowest BCUT2D eigenvalue weighted by molar-refractivity contribution is -0.132. The van der Waals surface area contributed by atoms with E-state index in [1.54, 1.807) is 4.68 Å². The monoisotopic (exact) mass is 373 g/mol. The van der Waals surface area contributed by atoms with E-state index in [4.69, 9.17) is 0 Å². The number of benzene rings is 1. The first-order valence-corrected chi connectivity index (χ1v) is 10.0. The predicted octanol–water partition coefficient (Wildman–Crippen LogP) is 3.26. The summed E-state index contributed by atoms with van der Waals surface area (Å²) in [7, 11) is 0. The maximum atomic E-state index is 12.9. The first kappa shape index (κ1) is 18.9. The lowest BCUT2D eigenvalue weighted by Gasteiger charge is -2.36. The number of carbonyl (C=O) groups is 1. The van der Waals surface area contributed by atoms with E-state index in [-0.39, 0.29) is 11.2 Å². The fourth-order valence-electron chi connectivity index (χ4n) is 3.84. The molecule has 2 heterocycles. The van der Waals surface area contributed by atoms with Crippen LogP contribution in [0.15, 0.2) is 23.4 Å². The van der Waals surface area contributed by atoms with Crippen LogP contribution < -0.4 is 0 Å². The fourth-order valence-corrected chi connectivity index (χ4v) is 4.72. The number of hydrogen-bond donors (Lipinski definition) is 0. The standard InChI is InChI=1S/C19H27N5OS/c1-12-9-13(2)11-23(10-12)18(25)16(5)26-19-20-21-22-24(19)17-14(3)7-6-8-15(17)4/h6-8,12-13,16H,9-11H2,1-5H3. The van der Waals surface area contributed by atoms with E-state index < -0.39 is 0 Å². The maximum absolute atomic E-state index is 12.9. The summed E-state index contributed by atoms with van der Waals surface area (Å²) in [4.78, 5) is 14.9. The predicted molar refractivity (Wildman–Crippen MR) is 103 cm³/mol. The number of aromatic nitrogens is 4. The molecule has 1 aliphatic rings. The first-order valence-electron chi connectivity index (χ1n) is 9.17. The molecular formula is C19H27N5OS. The molecule has 0 aliphatic carbocycles. The van der Waals surface area contributed by atoms with Gasteiger partial charge in [-0.05, 0) is 60.6 Å². The Labute approximate surface area is 159 Å². The third-order valence-electron chi connectivity index (χ3n) is 4.90. The zero-order chi connectivity index (χ0) is 18.8. The van der Waals surface area contributed by atoms with Crippen molar-refractivity contribution in [1.29, 1.82) is 0 Å². The molecule has 1 saturated heterocycles. The molecule has 7 heteroatoms. The highest BCUT2D eigenvalue weighted by molar-refractivity contribution is 8.00. The SMILES string of the molecule is Cc1cccc(C)c1-n1nnnc1SC(C)C(=O)N1CC(C)CC(C)C1. The van der Waals surface area contributed by atoms with Crippen LogP contribution in [0.1, 0.15) is 38.3 Å². The third kappa shape index (κ3) is 3.92. The molecule has 0 radical (unpaired) electrons. The van der Waals surface area contributed by atoms with Crippen molar-refractivity contribution in [2.24, 2.45) is 11.8 Å². The second-order valence-electron chi connectivity index (χ2n) is 7.56. The second-order valence-corrected chi connectivity index (χ2v) is 8.87. The minimum absolute atomic E-state index is 0.171. The van der Waals surface area contributed by atoms with Crippen LogP contribution >= 0.6 is 11.8 Å². The van der Waals surface area contributed by atoms with Crippen molar-refractivity contribution in [1.82, 2.24) is 25.1 Å². The molecule has 6 nitrogen and oxygen atoms in total. The average Bonchev–Trinajstić information content (AvgIpc) is 3.01. The highest BCUT2D eigenvalue weighted by atomic mass is 32.2. The zero-order valence-corrected chi connectivity index (χ0v) is 17.0. The molecule has 0 N–H and O–H groups in total. The van der Waals surface area contributed by atoms with Gasteiger partial charge in [-0.25, -0.2) is 0 Å². The van der Waals surface area contributed by atoms with Crippen molar-refractivity contribution >= 4 is 17.7 Å². The molecule has 3 atom stereocenters. The van der Waals surface area contributed by atoms with Crippen molar-refractivity contribution in [2.45, 2.75) is 51.4 Å². The molecule has 0 saturated carbocycles. The largest absolute Gasteiger partial charge is 0.341 e. The molecule has 1 fully saturated rings. The molecule has 1 aromatic carbocycles. The van der Waals surface area contributed by atoms with Gasteiger partial charge in [0, 0.05) is 13.1 Å². The van der Waals surface area contributed by atoms with Crippen LogP contribution in [0.4, 0.5) is 0 Å². The van der Waals surface area contributed by atoms with Gasteiger partial charge in [0.1, 0.15) is 0 Å². The summed E-state index contributed by atoms with van der Waals surface area (Å²) in [5.41, 5.74) is 3.20. The Balaban J connectivity index is 1.78. The van der Waals surface area contributed by atoms with Gasteiger partial charge in [-0.15, -0.1) is 5.10 Å². The molecular weight excluding hydrogens is 346 g/mol. The van der Waals surface area contributed by atoms with Gasteiger partial charge in [0.25, 0.3) is 0 Å². The number of tetrazole rings is 1. The van der Waals surface area contributed by atoms with Crippen molar-refractivity contribution in [3.8, 4) is 5.69 Å².